The first-order valence-electron chi connectivity index (χ1n) is 7.05. The van der Waals surface area contributed by atoms with Crippen LogP contribution in [-0.4, -0.2) is 16.1 Å². The van der Waals surface area contributed by atoms with Gasteiger partial charge in [-0.05, 0) is 41.5 Å². The summed E-state index contributed by atoms with van der Waals surface area (Å²) in [6.45, 7) is 6.82. The second-order valence-corrected chi connectivity index (χ2v) is 6.20. The standard InChI is InChI=1S/C16H20N2O2S/c1-4-11-5-6-21-14(11)9-17-15-8-12(16(19)20)7-13(18-15)10(2)3/h5-8,10H,4,9H2,1-3H3,(H,17,18)(H,19,20). The summed E-state index contributed by atoms with van der Waals surface area (Å²) in [6.07, 6.45) is 1.00. The van der Waals surface area contributed by atoms with Gasteiger partial charge < -0.3 is 10.4 Å². The van der Waals surface area contributed by atoms with Gasteiger partial charge in [0, 0.05) is 10.6 Å². The number of pyridine rings is 1. The summed E-state index contributed by atoms with van der Waals surface area (Å²) in [5.41, 5.74) is 2.39. The van der Waals surface area contributed by atoms with E-state index in [1.54, 1.807) is 23.5 Å². The summed E-state index contributed by atoms with van der Waals surface area (Å²) in [5, 5.41) is 14.5. The van der Waals surface area contributed by atoms with Gasteiger partial charge in [0.25, 0.3) is 0 Å². The number of rotatable bonds is 6. The summed E-state index contributed by atoms with van der Waals surface area (Å²) in [7, 11) is 0. The van der Waals surface area contributed by atoms with E-state index in [0.29, 0.717) is 12.4 Å². The molecule has 5 heteroatoms. The van der Waals surface area contributed by atoms with Crippen LogP contribution in [-0.2, 0) is 13.0 Å². The molecule has 4 nitrogen and oxygen atoms in total. The molecule has 2 aromatic heterocycles. The number of thiophene rings is 1. The van der Waals surface area contributed by atoms with E-state index in [4.69, 9.17) is 0 Å². The number of hydrogen-bond donors (Lipinski definition) is 2. The van der Waals surface area contributed by atoms with Gasteiger partial charge in [0.15, 0.2) is 0 Å². The Balaban J connectivity index is 2.21. The van der Waals surface area contributed by atoms with Crippen LogP contribution in [0.1, 0.15) is 53.2 Å². The number of aromatic carboxylic acids is 1. The number of carboxylic acid groups (broad SMARTS) is 1. The Labute approximate surface area is 128 Å². The molecule has 0 aromatic carbocycles. The van der Waals surface area contributed by atoms with Crippen molar-refractivity contribution in [3.05, 3.63) is 45.3 Å². The third-order valence-corrected chi connectivity index (χ3v) is 4.30. The summed E-state index contributed by atoms with van der Waals surface area (Å²) in [6, 6.07) is 5.36. The molecule has 0 amide bonds. The highest BCUT2D eigenvalue weighted by molar-refractivity contribution is 7.10. The maximum atomic E-state index is 11.2. The zero-order valence-electron chi connectivity index (χ0n) is 12.5. The van der Waals surface area contributed by atoms with Gasteiger partial charge in [-0.15, -0.1) is 11.3 Å². The molecular formula is C16H20N2O2S. The molecule has 0 fully saturated rings. The fourth-order valence-electron chi connectivity index (χ4n) is 2.07. The molecule has 21 heavy (non-hydrogen) atoms. The summed E-state index contributed by atoms with van der Waals surface area (Å²) in [5.74, 6) is -0.112. The molecule has 0 saturated heterocycles. The predicted octanol–water partition coefficient (Wildman–Crippen LogP) is 4.14. The van der Waals surface area contributed by atoms with Crippen molar-refractivity contribution in [2.45, 2.75) is 39.7 Å². The van der Waals surface area contributed by atoms with E-state index in [-0.39, 0.29) is 11.5 Å². The summed E-state index contributed by atoms with van der Waals surface area (Å²) >= 11 is 1.71. The number of anilines is 1. The second kappa shape index (κ2) is 6.72. The van der Waals surface area contributed by atoms with E-state index in [2.05, 4.69) is 28.7 Å². The quantitative estimate of drug-likeness (QED) is 0.842. The van der Waals surface area contributed by atoms with Crippen molar-refractivity contribution in [3.8, 4) is 0 Å². The van der Waals surface area contributed by atoms with Crippen LogP contribution in [0.25, 0.3) is 0 Å². The van der Waals surface area contributed by atoms with Crippen molar-refractivity contribution in [1.29, 1.82) is 0 Å². The maximum absolute atomic E-state index is 11.2. The molecule has 0 bridgehead atoms. The second-order valence-electron chi connectivity index (χ2n) is 5.20. The first kappa shape index (κ1) is 15.5. The van der Waals surface area contributed by atoms with Crippen LogP contribution in [0.4, 0.5) is 5.82 Å². The topological polar surface area (TPSA) is 62.2 Å². The van der Waals surface area contributed by atoms with E-state index in [1.807, 2.05) is 13.8 Å². The van der Waals surface area contributed by atoms with Crippen LogP contribution in [0.5, 0.6) is 0 Å². The van der Waals surface area contributed by atoms with Gasteiger partial charge in [-0.25, -0.2) is 9.78 Å². The highest BCUT2D eigenvalue weighted by atomic mass is 32.1. The molecule has 0 aliphatic carbocycles. The largest absolute Gasteiger partial charge is 0.478 e. The van der Waals surface area contributed by atoms with Crippen molar-refractivity contribution in [2.75, 3.05) is 5.32 Å². The highest BCUT2D eigenvalue weighted by Gasteiger charge is 2.11. The lowest BCUT2D eigenvalue weighted by molar-refractivity contribution is 0.0696. The van der Waals surface area contributed by atoms with Crippen LogP contribution in [0.2, 0.25) is 0 Å². The first-order valence-corrected chi connectivity index (χ1v) is 7.93. The smallest absolute Gasteiger partial charge is 0.335 e. The summed E-state index contributed by atoms with van der Waals surface area (Å²) in [4.78, 5) is 17.0. The zero-order chi connectivity index (χ0) is 15.4. The van der Waals surface area contributed by atoms with Crippen molar-refractivity contribution < 1.29 is 9.90 Å². The highest BCUT2D eigenvalue weighted by Crippen LogP contribution is 2.21. The van der Waals surface area contributed by atoms with Gasteiger partial charge in [-0.2, -0.15) is 0 Å². The molecule has 2 rings (SSSR count). The monoisotopic (exact) mass is 304 g/mol. The maximum Gasteiger partial charge on any atom is 0.335 e. The Morgan fingerprint density at radius 2 is 2.19 bits per heavy atom. The van der Waals surface area contributed by atoms with Crippen molar-refractivity contribution in [1.82, 2.24) is 4.98 Å². The molecule has 0 spiro atoms. The fraction of sp³-hybridized carbons (Fsp3) is 0.375. The molecule has 0 aliphatic rings. The van der Waals surface area contributed by atoms with Gasteiger partial charge in [0.05, 0.1) is 12.1 Å². The van der Waals surface area contributed by atoms with Crippen LogP contribution >= 0.6 is 11.3 Å². The molecule has 2 aromatic rings. The molecule has 2 heterocycles. The van der Waals surface area contributed by atoms with E-state index in [1.165, 1.54) is 10.4 Å². The number of carboxylic acids is 1. The lowest BCUT2D eigenvalue weighted by Gasteiger charge is -2.11. The summed E-state index contributed by atoms with van der Waals surface area (Å²) < 4.78 is 0. The lowest BCUT2D eigenvalue weighted by atomic mass is 10.1. The van der Waals surface area contributed by atoms with Crippen LogP contribution in [0.3, 0.4) is 0 Å². The number of aromatic nitrogens is 1. The number of nitrogens with zero attached hydrogens (tertiary/aromatic N) is 1. The van der Waals surface area contributed by atoms with E-state index in [9.17, 15) is 9.90 Å². The minimum atomic E-state index is -0.923. The van der Waals surface area contributed by atoms with Gasteiger partial charge in [-0.1, -0.05) is 20.8 Å². The molecule has 0 atom stereocenters. The number of nitrogens with one attached hydrogen (secondary N) is 1. The molecule has 2 N–H and O–H groups in total. The molecule has 0 radical (unpaired) electrons. The van der Waals surface area contributed by atoms with Gasteiger partial charge in [0.1, 0.15) is 5.82 Å². The van der Waals surface area contributed by atoms with Gasteiger partial charge >= 0.3 is 5.97 Å². The van der Waals surface area contributed by atoms with Crippen LogP contribution in [0.15, 0.2) is 23.6 Å². The van der Waals surface area contributed by atoms with Crippen molar-refractivity contribution in [2.24, 2.45) is 0 Å². The van der Waals surface area contributed by atoms with E-state index in [0.717, 1.165) is 12.1 Å². The third kappa shape index (κ3) is 3.82. The fourth-order valence-corrected chi connectivity index (χ4v) is 2.99. The zero-order valence-corrected chi connectivity index (χ0v) is 13.3. The molecular weight excluding hydrogens is 284 g/mol. The van der Waals surface area contributed by atoms with Crippen LogP contribution < -0.4 is 5.32 Å². The minimum Gasteiger partial charge on any atom is -0.478 e. The van der Waals surface area contributed by atoms with Crippen molar-refractivity contribution in [3.63, 3.8) is 0 Å². The minimum absolute atomic E-state index is 0.192. The van der Waals surface area contributed by atoms with E-state index >= 15 is 0 Å². The van der Waals surface area contributed by atoms with Crippen molar-refractivity contribution >= 4 is 23.1 Å². The Hall–Kier alpha value is -1.88. The average Bonchev–Trinajstić information content (AvgIpc) is 2.92. The molecule has 0 aliphatic heterocycles. The Bertz CT molecular complexity index is 635. The molecule has 0 saturated carbocycles. The average molecular weight is 304 g/mol. The number of hydrogen-bond acceptors (Lipinski definition) is 4. The normalized spacial score (nSPS) is 10.9. The Kier molecular flexibility index (Phi) is 4.96. The van der Waals surface area contributed by atoms with E-state index < -0.39 is 5.97 Å². The molecule has 112 valence electrons. The predicted molar refractivity (Wildman–Crippen MR) is 86.3 cm³/mol. The van der Waals surface area contributed by atoms with Gasteiger partial charge in [0.2, 0.25) is 0 Å². The molecule has 0 unspecified atom stereocenters. The SMILES string of the molecule is CCc1ccsc1CNc1cc(C(=O)O)cc(C(C)C)n1. The Morgan fingerprint density at radius 3 is 2.81 bits per heavy atom. The third-order valence-electron chi connectivity index (χ3n) is 3.33. The first-order chi connectivity index (χ1) is 10.0. The Morgan fingerprint density at radius 1 is 1.43 bits per heavy atom. The number of aryl methyl sites for hydroxylation is 1. The number of carbonyl (C=O) groups is 1. The lowest BCUT2D eigenvalue weighted by Crippen LogP contribution is -2.07. The van der Waals surface area contributed by atoms with Crippen LogP contribution in [0, 0.1) is 0 Å². The van der Waals surface area contributed by atoms with Gasteiger partial charge in [-0.3, -0.25) is 0 Å².